The summed E-state index contributed by atoms with van der Waals surface area (Å²) in [5, 5.41) is 9.47. The van der Waals surface area contributed by atoms with Gasteiger partial charge in [-0.15, -0.1) is 0 Å². The number of carbonyl (C=O) groups is 3. The SMILES string of the molecule is CCOC(=O)C1=C(C)NC(=O)N[C@@H]1c1ccc(OCC(=O)N/N=C\c2cc(C)n(-c3ccc(N(C)C)cc3)c2C)c(OC)c1. The van der Waals surface area contributed by atoms with E-state index in [1.54, 1.807) is 38.3 Å². The summed E-state index contributed by atoms with van der Waals surface area (Å²) < 4.78 is 18.5. The fourth-order valence-electron chi connectivity index (χ4n) is 4.97. The van der Waals surface area contributed by atoms with Gasteiger partial charge < -0.3 is 34.3 Å². The van der Waals surface area contributed by atoms with Crippen LogP contribution < -0.4 is 30.4 Å². The zero-order valence-electron chi connectivity index (χ0n) is 26.0. The van der Waals surface area contributed by atoms with Crippen LogP contribution in [0.4, 0.5) is 10.5 Å². The lowest BCUT2D eigenvalue weighted by Crippen LogP contribution is -2.45. The van der Waals surface area contributed by atoms with Gasteiger partial charge in [0.1, 0.15) is 0 Å². The van der Waals surface area contributed by atoms with Crippen LogP contribution in [0.5, 0.6) is 11.5 Å². The molecule has 3 aromatic rings. The molecule has 4 rings (SSSR count). The van der Waals surface area contributed by atoms with E-state index < -0.39 is 23.9 Å². The lowest BCUT2D eigenvalue weighted by atomic mass is 9.95. The molecule has 1 atom stereocenters. The Labute approximate surface area is 256 Å². The fourth-order valence-corrected chi connectivity index (χ4v) is 4.97. The van der Waals surface area contributed by atoms with Gasteiger partial charge in [0.25, 0.3) is 5.91 Å². The number of hydrogen-bond acceptors (Lipinski definition) is 8. The van der Waals surface area contributed by atoms with Crippen molar-refractivity contribution in [3.63, 3.8) is 0 Å². The van der Waals surface area contributed by atoms with E-state index in [2.05, 4.69) is 50.0 Å². The number of ether oxygens (including phenoxy) is 3. The Morgan fingerprint density at radius 2 is 1.80 bits per heavy atom. The smallest absolute Gasteiger partial charge is 0.338 e. The molecule has 0 unspecified atom stereocenters. The van der Waals surface area contributed by atoms with Crippen LogP contribution in [-0.4, -0.2) is 63.1 Å². The van der Waals surface area contributed by atoms with Crippen LogP contribution in [-0.2, 0) is 14.3 Å². The molecule has 12 nitrogen and oxygen atoms in total. The first-order valence-corrected chi connectivity index (χ1v) is 14.1. The van der Waals surface area contributed by atoms with Gasteiger partial charge in [-0.25, -0.2) is 15.0 Å². The first kappa shape index (κ1) is 31.7. The molecule has 0 saturated heterocycles. The van der Waals surface area contributed by atoms with E-state index in [4.69, 9.17) is 14.2 Å². The van der Waals surface area contributed by atoms with Gasteiger partial charge in [0.2, 0.25) is 0 Å². The third-order valence-electron chi connectivity index (χ3n) is 7.13. The van der Waals surface area contributed by atoms with E-state index in [1.807, 2.05) is 38.9 Å². The average molecular weight is 603 g/mol. The molecule has 0 bridgehead atoms. The first-order chi connectivity index (χ1) is 21.0. The normalized spacial score (nSPS) is 14.6. The lowest BCUT2D eigenvalue weighted by molar-refractivity contribution is -0.139. The van der Waals surface area contributed by atoms with Crippen LogP contribution >= 0.6 is 0 Å². The predicted molar refractivity (Wildman–Crippen MR) is 168 cm³/mol. The Kier molecular flexibility index (Phi) is 9.94. The minimum Gasteiger partial charge on any atom is -0.493 e. The molecule has 0 fully saturated rings. The van der Waals surface area contributed by atoms with Crippen molar-refractivity contribution < 1.29 is 28.6 Å². The predicted octanol–water partition coefficient (Wildman–Crippen LogP) is 3.89. The minimum absolute atomic E-state index is 0.191. The van der Waals surface area contributed by atoms with Crippen LogP contribution in [0.2, 0.25) is 0 Å². The Balaban J connectivity index is 1.41. The highest BCUT2D eigenvalue weighted by molar-refractivity contribution is 5.95. The number of hydrazone groups is 1. The van der Waals surface area contributed by atoms with Crippen molar-refractivity contribution in [1.82, 2.24) is 20.6 Å². The van der Waals surface area contributed by atoms with Crippen molar-refractivity contribution in [3.8, 4) is 17.2 Å². The maximum absolute atomic E-state index is 12.6. The third-order valence-corrected chi connectivity index (χ3v) is 7.13. The molecule has 0 aliphatic carbocycles. The van der Waals surface area contributed by atoms with Crippen LogP contribution in [0, 0.1) is 13.8 Å². The van der Waals surface area contributed by atoms with Gasteiger partial charge in [-0.1, -0.05) is 6.07 Å². The number of nitrogens with zero attached hydrogens (tertiary/aromatic N) is 3. The highest BCUT2D eigenvalue weighted by atomic mass is 16.5. The number of benzene rings is 2. The zero-order valence-corrected chi connectivity index (χ0v) is 26.0. The van der Waals surface area contributed by atoms with Crippen molar-refractivity contribution in [2.75, 3.05) is 39.3 Å². The molecule has 2 aromatic carbocycles. The second-order valence-electron chi connectivity index (χ2n) is 10.4. The molecule has 1 aromatic heterocycles. The molecular weight excluding hydrogens is 564 g/mol. The summed E-state index contributed by atoms with van der Waals surface area (Å²) in [7, 11) is 5.46. The number of methoxy groups -OCH3 is 1. The van der Waals surface area contributed by atoms with Gasteiger partial charge in [-0.2, -0.15) is 5.10 Å². The van der Waals surface area contributed by atoms with Crippen LogP contribution in [0.15, 0.2) is 64.9 Å². The maximum Gasteiger partial charge on any atom is 0.338 e. The highest BCUT2D eigenvalue weighted by Gasteiger charge is 2.32. The summed E-state index contributed by atoms with van der Waals surface area (Å²) in [5.74, 6) is -0.384. The number of esters is 1. The Morgan fingerprint density at radius 3 is 2.45 bits per heavy atom. The van der Waals surface area contributed by atoms with Gasteiger partial charge in [-0.05, 0) is 75.7 Å². The number of amides is 3. The van der Waals surface area contributed by atoms with Gasteiger partial charge >= 0.3 is 12.0 Å². The van der Waals surface area contributed by atoms with Gasteiger partial charge in [0, 0.05) is 48.1 Å². The molecule has 0 radical (unpaired) electrons. The zero-order chi connectivity index (χ0) is 32.0. The van der Waals surface area contributed by atoms with E-state index in [0.717, 1.165) is 28.3 Å². The second-order valence-corrected chi connectivity index (χ2v) is 10.4. The number of urea groups is 1. The molecule has 2 heterocycles. The van der Waals surface area contributed by atoms with Gasteiger partial charge in [0.05, 0.1) is 31.5 Å². The summed E-state index contributed by atoms with van der Waals surface area (Å²) in [4.78, 5) is 39.4. The molecular formula is C32H38N6O6. The number of hydrogen-bond donors (Lipinski definition) is 3. The standard InChI is InChI=1S/C32H38N6O6/c1-8-43-31(40)29-20(3)34-32(41)35-30(29)22-9-14-26(27(16-22)42-7)44-18-28(39)36-33-17-23-15-19(2)38(21(23)4)25-12-10-24(11-13-25)37(5)6/h9-17,30H,8,18H2,1-7H3,(H,36,39)(H2,34,35,41)/b33-17-/t30-/m1/s1. The third kappa shape index (κ3) is 7.02. The molecule has 232 valence electrons. The molecule has 1 aliphatic rings. The number of aromatic nitrogens is 1. The number of aryl methyl sites for hydroxylation is 1. The average Bonchev–Trinajstić information content (AvgIpc) is 3.27. The van der Waals surface area contributed by atoms with Crippen LogP contribution in [0.1, 0.15) is 42.4 Å². The van der Waals surface area contributed by atoms with E-state index in [0.29, 0.717) is 22.8 Å². The molecule has 3 N–H and O–H groups in total. The molecule has 3 amide bonds. The van der Waals surface area contributed by atoms with Gasteiger partial charge in [-0.3, -0.25) is 4.79 Å². The molecule has 1 aliphatic heterocycles. The number of anilines is 1. The maximum atomic E-state index is 12.6. The van der Waals surface area contributed by atoms with Crippen molar-refractivity contribution >= 4 is 29.8 Å². The van der Waals surface area contributed by atoms with Crippen molar-refractivity contribution in [3.05, 3.63) is 82.3 Å². The van der Waals surface area contributed by atoms with Crippen molar-refractivity contribution in [1.29, 1.82) is 0 Å². The molecule has 44 heavy (non-hydrogen) atoms. The quantitative estimate of drug-likeness (QED) is 0.172. The Hall–Kier alpha value is -5.26. The number of carbonyl (C=O) groups excluding carboxylic acids is 3. The summed E-state index contributed by atoms with van der Waals surface area (Å²) >= 11 is 0. The van der Waals surface area contributed by atoms with E-state index >= 15 is 0 Å². The minimum atomic E-state index is -0.761. The van der Waals surface area contributed by atoms with Crippen LogP contribution in [0.25, 0.3) is 5.69 Å². The molecule has 0 spiro atoms. The number of nitrogens with one attached hydrogen (secondary N) is 3. The first-order valence-electron chi connectivity index (χ1n) is 14.1. The number of rotatable bonds is 11. The molecule has 0 saturated carbocycles. The summed E-state index contributed by atoms with van der Waals surface area (Å²) in [6.07, 6.45) is 1.60. The highest BCUT2D eigenvalue weighted by Crippen LogP contribution is 2.34. The second kappa shape index (κ2) is 13.8. The van der Waals surface area contributed by atoms with E-state index in [1.165, 1.54) is 7.11 Å². The Morgan fingerprint density at radius 1 is 1.07 bits per heavy atom. The summed E-state index contributed by atoms with van der Waals surface area (Å²) in [6.45, 7) is 7.23. The van der Waals surface area contributed by atoms with E-state index in [-0.39, 0.29) is 18.8 Å². The lowest BCUT2D eigenvalue weighted by Gasteiger charge is -2.28. The number of allylic oxidation sites excluding steroid dienone is 1. The molecule has 12 heteroatoms. The van der Waals surface area contributed by atoms with Crippen LogP contribution in [0.3, 0.4) is 0 Å². The topological polar surface area (TPSA) is 136 Å². The van der Waals surface area contributed by atoms with Crippen molar-refractivity contribution in [2.24, 2.45) is 5.10 Å². The van der Waals surface area contributed by atoms with Gasteiger partial charge in [0.15, 0.2) is 18.1 Å². The van der Waals surface area contributed by atoms with E-state index in [9.17, 15) is 14.4 Å². The monoisotopic (exact) mass is 602 g/mol. The largest absolute Gasteiger partial charge is 0.493 e. The summed E-state index contributed by atoms with van der Waals surface area (Å²) in [5.41, 5.74) is 8.79. The summed E-state index contributed by atoms with van der Waals surface area (Å²) in [6, 6.07) is 14.0. The Bertz CT molecular complexity index is 1610. The fraction of sp³-hybridized carbons (Fsp3) is 0.312. The van der Waals surface area contributed by atoms with Crippen molar-refractivity contribution in [2.45, 2.75) is 33.7 Å².